The molecule has 0 fully saturated rings. The molecule has 1 aromatic rings. The Kier molecular flexibility index (Phi) is 3.20. The Morgan fingerprint density at radius 2 is 2.15 bits per heavy atom. The number of aryl methyl sites for hydroxylation is 2. The fourth-order valence-corrected chi connectivity index (χ4v) is 1.43. The van der Waals surface area contributed by atoms with Crippen molar-refractivity contribution in [3.8, 4) is 0 Å². The third-order valence-corrected chi connectivity index (χ3v) is 2.15. The molecule has 0 aliphatic carbocycles. The summed E-state index contributed by atoms with van der Waals surface area (Å²) < 4.78 is 0. The third-order valence-electron chi connectivity index (χ3n) is 2.15. The normalized spacial score (nSPS) is 12.5. The maximum Gasteiger partial charge on any atom is 0.0519 e. The highest BCUT2D eigenvalue weighted by Gasteiger charge is 2.07. The van der Waals surface area contributed by atoms with Crippen molar-refractivity contribution in [1.82, 2.24) is 10.3 Å². The van der Waals surface area contributed by atoms with Crippen LogP contribution in [0.4, 0.5) is 0 Å². The summed E-state index contributed by atoms with van der Waals surface area (Å²) in [7, 11) is 1.92. The van der Waals surface area contributed by atoms with E-state index in [0.29, 0.717) is 0 Å². The van der Waals surface area contributed by atoms with Gasteiger partial charge in [-0.05, 0) is 32.5 Å². The number of pyridine rings is 1. The van der Waals surface area contributed by atoms with Crippen molar-refractivity contribution in [2.45, 2.75) is 19.9 Å². The van der Waals surface area contributed by atoms with E-state index in [1.165, 1.54) is 5.56 Å². The fraction of sp³-hybridized carbons (Fsp3) is 0.364. The van der Waals surface area contributed by atoms with Gasteiger partial charge in [-0.15, -0.1) is 6.58 Å². The minimum atomic E-state index is 0.202. The minimum Gasteiger partial charge on any atom is -0.310 e. The van der Waals surface area contributed by atoms with Gasteiger partial charge in [0.15, 0.2) is 0 Å². The number of hydrogen-bond acceptors (Lipinski definition) is 2. The Labute approximate surface area is 79.7 Å². The summed E-state index contributed by atoms with van der Waals surface area (Å²) in [5.74, 6) is 0. The summed E-state index contributed by atoms with van der Waals surface area (Å²) in [5.41, 5.74) is 3.32. The summed E-state index contributed by atoms with van der Waals surface area (Å²) in [6, 6.07) is 4.32. The lowest BCUT2D eigenvalue weighted by atomic mass is 10.1. The van der Waals surface area contributed by atoms with E-state index in [0.717, 1.165) is 11.4 Å². The van der Waals surface area contributed by atoms with Crippen molar-refractivity contribution in [1.29, 1.82) is 0 Å². The highest BCUT2D eigenvalue weighted by molar-refractivity contribution is 5.27. The van der Waals surface area contributed by atoms with Crippen LogP contribution in [0.15, 0.2) is 24.8 Å². The summed E-state index contributed by atoms with van der Waals surface area (Å²) in [6.45, 7) is 7.80. The van der Waals surface area contributed by atoms with Crippen molar-refractivity contribution in [2.75, 3.05) is 7.05 Å². The number of aromatic nitrogens is 1. The molecule has 0 bridgehead atoms. The van der Waals surface area contributed by atoms with Gasteiger partial charge in [-0.25, -0.2) is 0 Å². The van der Waals surface area contributed by atoms with E-state index < -0.39 is 0 Å². The lowest BCUT2D eigenvalue weighted by Crippen LogP contribution is -2.15. The lowest BCUT2D eigenvalue weighted by molar-refractivity contribution is 0.705. The first-order chi connectivity index (χ1) is 6.19. The second-order valence-corrected chi connectivity index (χ2v) is 3.13. The van der Waals surface area contributed by atoms with E-state index in [1.54, 1.807) is 0 Å². The molecule has 13 heavy (non-hydrogen) atoms. The van der Waals surface area contributed by atoms with Gasteiger partial charge in [-0.1, -0.05) is 12.1 Å². The van der Waals surface area contributed by atoms with Crippen molar-refractivity contribution >= 4 is 0 Å². The highest BCUT2D eigenvalue weighted by Crippen LogP contribution is 2.16. The van der Waals surface area contributed by atoms with Gasteiger partial charge in [0, 0.05) is 11.4 Å². The first kappa shape index (κ1) is 9.93. The molecule has 1 heterocycles. The number of nitrogens with one attached hydrogen (secondary N) is 1. The van der Waals surface area contributed by atoms with Gasteiger partial charge in [0.1, 0.15) is 0 Å². The van der Waals surface area contributed by atoms with E-state index >= 15 is 0 Å². The molecule has 0 saturated heterocycles. The van der Waals surface area contributed by atoms with E-state index in [2.05, 4.69) is 22.9 Å². The van der Waals surface area contributed by atoms with E-state index in [1.807, 2.05) is 33.0 Å². The third kappa shape index (κ3) is 2.16. The molecule has 0 aromatic carbocycles. The average Bonchev–Trinajstić information content (AvgIpc) is 2.10. The number of rotatable bonds is 3. The minimum absolute atomic E-state index is 0.202. The second-order valence-electron chi connectivity index (χ2n) is 3.13. The van der Waals surface area contributed by atoms with Crippen LogP contribution in [0.2, 0.25) is 0 Å². The van der Waals surface area contributed by atoms with Crippen molar-refractivity contribution in [3.63, 3.8) is 0 Å². The van der Waals surface area contributed by atoms with Gasteiger partial charge >= 0.3 is 0 Å². The smallest absolute Gasteiger partial charge is 0.0519 e. The van der Waals surface area contributed by atoms with Gasteiger partial charge in [0.05, 0.1) is 6.04 Å². The molecule has 70 valence electrons. The lowest BCUT2D eigenvalue weighted by Gasteiger charge is -2.14. The molecule has 0 aliphatic rings. The maximum atomic E-state index is 4.40. The zero-order chi connectivity index (χ0) is 9.84. The molecule has 2 nitrogen and oxygen atoms in total. The molecule has 0 radical (unpaired) electrons. The number of likely N-dealkylation sites (N-methyl/N-ethyl adjacent to an activating group) is 1. The molecule has 0 amide bonds. The van der Waals surface area contributed by atoms with Crippen molar-refractivity contribution in [2.24, 2.45) is 0 Å². The molecule has 1 unspecified atom stereocenters. The van der Waals surface area contributed by atoms with Crippen molar-refractivity contribution in [3.05, 3.63) is 41.7 Å². The largest absolute Gasteiger partial charge is 0.310 e. The van der Waals surface area contributed by atoms with Crippen LogP contribution in [0.3, 0.4) is 0 Å². The fourth-order valence-electron chi connectivity index (χ4n) is 1.43. The molecular formula is C11H16N2. The monoisotopic (exact) mass is 176 g/mol. The second kappa shape index (κ2) is 4.19. The maximum absolute atomic E-state index is 4.40. The van der Waals surface area contributed by atoms with Crippen molar-refractivity contribution < 1.29 is 0 Å². The molecular weight excluding hydrogens is 160 g/mol. The highest BCUT2D eigenvalue weighted by atomic mass is 14.9. The zero-order valence-electron chi connectivity index (χ0n) is 8.46. The Bertz CT molecular complexity index is 305. The summed E-state index contributed by atoms with van der Waals surface area (Å²) in [4.78, 5) is 4.40. The predicted octanol–water partition coefficient (Wildman–Crippen LogP) is 2.14. The SMILES string of the molecule is C=CC(NC)c1ccc(C)nc1C. The summed E-state index contributed by atoms with van der Waals surface area (Å²) in [6.07, 6.45) is 1.89. The van der Waals surface area contributed by atoms with Crippen LogP contribution in [0, 0.1) is 13.8 Å². The van der Waals surface area contributed by atoms with Gasteiger partial charge in [0.25, 0.3) is 0 Å². The summed E-state index contributed by atoms with van der Waals surface area (Å²) in [5, 5.41) is 3.17. The number of hydrogen-bond donors (Lipinski definition) is 1. The molecule has 0 saturated carbocycles. The Balaban J connectivity index is 3.06. The molecule has 0 aliphatic heterocycles. The van der Waals surface area contributed by atoms with Crippen LogP contribution in [0.25, 0.3) is 0 Å². The molecule has 1 atom stereocenters. The van der Waals surface area contributed by atoms with E-state index in [-0.39, 0.29) is 6.04 Å². The first-order valence-corrected chi connectivity index (χ1v) is 4.43. The van der Waals surface area contributed by atoms with Crippen LogP contribution < -0.4 is 5.32 Å². The Morgan fingerprint density at radius 1 is 1.46 bits per heavy atom. The average molecular weight is 176 g/mol. The summed E-state index contributed by atoms with van der Waals surface area (Å²) >= 11 is 0. The topological polar surface area (TPSA) is 24.9 Å². The van der Waals surface area contributed by atoms with Crippen LogP contribution in [0.5, 0.6) is 0 Å². The Morgan fingerprint density at radius 3 is 2.62 bits per heavy atom. The Hall–Kier alpha value is -1.15. The predicted molar refractivity (Wildman–Crippen MR) is 55.7 cm³/mol. The van der Waals surface area contributed by atoms with Gasteiger partial charge in [0.2, 0.25) is 0 Å². The van der Waals surface area contributed by atoms with Crippen LogP contribution in [-0.2, 0) is 0 Å². The van der Waals surface area contributed by atoms with Gasteiger partial charge in [-0.2, -0.15) is 0 Å². The molecule has 1 aromatic heterocycles. The first-order valence-electron chi connectivity index (χ1n) is 4.43. The number of nitrogens with zero attached hydrogens (tertiary/aromatic N) is 1. The van der Waals surface area contributed by atoms with Gasteiger partial charge < -0.3 is 5.32 Å². The van der Waals surface area contributed by atoms with E-state index in [4.69, 9.17) is 0 Å². The molecule has 0 spiro atoms. The quantitative estimate of drug-likeness (QED) is 0.714. The van der Waals surface area contributed by atoms with E-state index in [9.17, 15) is 0 Å². The van der Waals surface area contributed by atoms with Crippen LogP contribution in [-0.4, -0.2) is 12.0 Å². The molecule has 1 rings (SSSR count). The van der Waals surface area contributed by atoms with Crippen LogP contribution >= 0.6 is 0 Å². The zero-order valence-corrected chi connectivity index (χ0v) is 8.46. The molecule has 1 N–H and O–H groups in total. The standard InChI is InChI=1S/C11H16N2/c1-5-11(12-4)10-7-6-8(2)13-9(10)3/h5-7,11-12H,1H2,2-4H3. The molecule has 2 heteroatoms. The van der Waals surface area contributed by atoms with Crippen LogP contribution in [0.1, 0.15) is 23.0 Å². The van der Waals surface area contributed by atoms with Gasteiger partial charge in [-0.3, -0.25) is 4.98 Å².